The Labute approximate surface area is 169 Å². The number of amides is 2. The number of nitrogens with one attached hydrogen (secondary N) is 1. The smallest absolute Gasteiger partial charge is 0.338 e. The first kappa shape index (κ1) is 22.3. The van der Waals surface area contributed by atoms with Crippen molar-refractivity contribution in [3.8, 4) is 0 Å². The monoisotopic (exact) mass is 421 g/mol. The van der Waals surface area contributed by atoms with Crippen LogP contribution in [0.2, 0.25) is 0 Å². The van der Waals surface area contributed by atoms with Gasteiger partial charge in [-0.2, -0.15) is 4.31 Å². The molecule has 0 fully saturated rings. The van der Waals surface area contributed by atoms with Crippen molar-refractivity contribution in [3.63, 3.8) is 0 Å². The first-order chi connectivity index (χ1) is 13.7. The van der Waals surface area contributed by atoms with E-state index in [1.165, 1.54) is 39.2 Å². The molecule has 0 atom stereocenters. The molecule has 2 amide bonds. The lowest BCUT2D eigenvalue weighted by Gasteiger charge is -2.18. The summed E-state index contributed by atoms with van der Waals surface area (Å²) in [7, 11) is -2.08. The molecule has 0 unspecified atom stereocenters. The van der Waals surface area contributed by atoms with E-state index in [4.69, 9.17) is 4.74 Å². The topological polar surface area (TPSA) is 115 Å². The summed E-state index contributed by atoms with van der Waals surface area (Å²) in [5, 5.41) is 2.12. The SMILES string of the molecule is CCN(CC)S(=O)(=O)c1cccc(C(=O)OCC(=O)NC(=O)c2cccn2C)c1. The van der Waals surface area contributed by atoms with Gasteiger partial charge >= 0.3 is 5.97 Å². The number of ether oxygens (including phenoxy) is 1. The summed E-state index contributed by atoms with van der Waals surface area (Å²) in [6, 6.07) is 8.58. The van der Waals surface area contributed by atoms with E-state index in [9.17, 15) is 22.8 Å². The molecule has 0 bridgehead atoms. The van der Waals surface area contributed by atoms with Gasteiger partial charge in [0.25, 0.3) is 11.8 Å². The summed E-state index contributed by atoms with van der Waals surface area (Å²) in [6.07, 6.45) is 1.65. The van der Waals surface area contributed by atoms with Crippen LogP contribution in [0.25, 0.3) is 0 Å². The van der Waals surface area contributed by atoms with Crippen LogP contribution in [0.4, 0.5) is 0 Å². The van der Waals surface area contributed by atoms with Crippen LogP contribution in [0.5, 0.6) is 0 Å². The molecule has 0 saturated heterocycles. The van der Waals surface area contributed by atoms with E-state index in [2.05, 4.69) is 5.32 Å². The molecule has 0 aliphatic heterocycles. The fourth-order valence-electron chi connectivity index (χ4n) is 2.63. The van der Waals surface area contributed by atoms with Crippen molar-refractivity contribution < 1.29 is 27.5 Å². The Bertz CT molecular complexity index is 1010. The van der Waals surface area contributed by atoms with E-state index >= 15 is 0 Å². The first-order valence-corrected chi connectivity index (χ1v) is 10.4. The molecule has 1 heterocycles. The fraction of sp³-hybridized carbons (Fsp3) is 0.316. The van der Waals surface area contributed by atoms with Gasteiger partial charge in [0.1, 0.15) is 5.69 Å². The van der Waals surface area contributed by atoms with Crippen LogP contribution in [-0.4, -0.2) is 54.8 Å². The van der Waals surface area contributed by atoms with E-state index in [0.29, 0.717) is 13.1 Å². The maximum absolute atomic E-state index is 12.6. The van der Waals surface area contributed by atoms with Crippen LogP contribution in [0, 0.1) is 0 Å². The number of rotatable bonds is 8. The Kier molecular flexibility index (Phi) is 7.29. The van der Waals surface area contributed by atoms with Gasteiger partial charge in [-0.3, -0.25) is 14.9 Å². The van der Waals surface area contributed by atoms with E-state index in [-0.39, 0.29) is 16.2 Å². The molecule has 0 spiro atoms. The number of nitrogens with zero attached hydrogens (tertiary/aromatic N) is 2. The molecule has 9 nitrogen and oxygen atoms in total. The van der Waals surface area contributed by atoms with Crippen LogP contribution in [-0.2, 0) is 26.6 Å². The van der Waals surface area contributed by atoms with Crippen molar-refractivity contribution in [1.29, 1.82) is 0 Å². The van der Waals surface area contributed by atoms with Crippen molar-refractivity contribution in [1.82, 2.24) is 14.2 Å². The molecule has 0 aliphatic carbocycles. The van der Waals surface area contributed by atoms with Crippen LogP contribution >= 0.6 is 0 Å². The normalized spacial score (nSPS) is 11.3. The number of hydrogen-bond donors (Lipinski definition) is 1. The van der Waals surface area contributed by atoms with Gasteiger partial charge in [0, 0.05) is 26.3 Å². The number of esters is 1. The van der Waals surface area contributed by atoms with Gasteiger partial charge in [0.2, 0.25) is 10.0 Å². The number of benzene rings is 1. The number of carbonyl (C=O) groups excluding carboxylic acids is 3. The molecule has 0 radical (unpaired) electrons. The summed E-state index contributed by atoms with van der Waals surface area (Å²) in [5.74, 6) is -2.29. The Morgan fingerprint density at radius 3 is 2.38 bits per heavy atom. The molecule has 10 heteroatoms. The molecule has 0 saturated carbocycles. The zero-order valence-corrected chi connectivity index (χ0v) is 17.2. The molecule has 0 aliphatic rings. The summed E-state index contributed by atoms with van der Waals surface area (Å²) in [4.78, 5) is 36.0. The standard InChI is InChI=1S/C19H23N3O6S/c1-4-22(5-2)29(26,27)15-9-6-8-14(12-15)19(25)28-13-17(23)20-18(24)16-10-7-11-21(16)3/h6-12H,4-5,13H2,1-3H3,(H,20,23,24). The molecule has 1 aromatic carbocycles. The Morgan fingerprint density at radius 1 is 1.10 bits per heavy atom. The number of carbonyl (C=O) groups is 3. The number of imide groups is 1. The molecular formula is C19H23N3O6S. The second-order valence-corrected chi connectivity index (χ2v) is 8.01. The first-order valence-electron chi connectivity index (χ1n) is 8.93. The van der Waals surface area contributed by atoms with Gasteiger partial charge in [0.15, 0.2) is 6.61 Å². The van der Waals surface area contributed by atoms with Crippen molar-refractivity contribution in [2.75, 3.05) is 19.7 Å². The maximum Gasteiger partial charge on any atom is 0.338 e. The van der Waals surface area contributed by atoms with Crippen LogP contribution in [0.1, 0.15) is 34.7 Å². The third kappa shape index (κ3) is 5.30. The highest BCUT2D eigenvalue weighted by Crippen LogP contribution is 2.17. The second-order valence-electron chi connectivity index (χ2n) is 6.07. The van der Waals surface area contributed by atoms with Crippen molar-refractivity contribution >= 4 is 27.8 Å². The van der Waals surface area contributed by atoms with Crippen molar-refractivity contribution in [2.24, 2.45) is 7.05 Å². The Hall–Kier alpha value is -2.98. The van der Waals surface area contributed by atoms with Gasteiger partial charge in [-0.05, 0) is 30.3 Å². The maximum atomic E-state index is 12.6. The van der Waals surface area contributed by atoms with Gasteiger partial charge in [0.05, 0.1) is 10.5 Å². The quantitative estimate of drug-likeness (QED) is 0.640. The predicted octanol–water partition coefficient (Wildman–Crippen LogP) is 1.17. The minimum Gasteiger partial charge on any atom is -0.452 e. The Balaban J connectivity index is 2.02. The van der Waals surface area contributed by atoms with Crippen molar-refractivity contribution in [2.45, 2.75) is 18.7 Å². The summed E-state index contributed by atoms with van der Waals surface area (Å²) >= 11 is 0. The van der Waals surface area contributed by atoms with E-state index in [1.807, 2.05) is 0 Å². The summed E-state index contributed by atoms with van der Waals surface area (Å²) in [6.45, 7) is 3.34. The average Bonchev–Trinajstić information content (AvgIpc) is 3.13. The molecule has 1 N–H and O–H groups in total. The average molecular weight is 421 g/mol. The van der Waals surface area contributed by atoms with Crippen LogP contribution < -0.4 is 5.32 Å². The predicted molar refractivity (Wildman–Crippen MR) is 105 cm³/mol. The molecular weight excluding hydrogens is 398 g/mol. The number of aromatic nitrogens is 1. The van der Waals surface area contributed by atoms with Gasteiger partial charge in [-0.15, -0.1) is 0 Å². The van der Waals surface area contributed by atoms with Gasteiger partial charge < -0.3 is 9.30 Å². The number of aryl methyl sites for hydroxylation is 1. The Morgan fingerprint density at radius 2 is 1.79 bits per heavy atom. The zero-order valence-electron chi connectivity index (χ0n) is 16.4. The van der Waals surface area contributed by atoms with Gasteiger partial charge in [-0.25, -0.2) is 13.2 Å². The largest absolute Gasteiger partial charge is 0.452 e. The number of sulfonamides is 1. The van der Waals surface area contributed by atoms with E-state index in [0.717, 1.165) is 0 Å². The minimum atomic E-state index is -3.73. The molecule has 1 aromatic heterocycles. The van der Waals surface area contributed by atoms with Crippen LogP contribution in [0.3, 0.4) is 0 Å². The highest BCUT2D eigenvalue weighted by Gasteiger charge is 2.23. The van der Waals surface area contributed by atoms with Crippen LogP contribution in [0.15, 0.2) is 47.5 Å². The van der Waals surface area contributed by atoms with Crippen molar-refractivity contribution in [3.05, 3.63) is 53.9 Å². The zero-order chi connectivity index (χ0) is 21.6. The van der Waals surface area contributed by atoms with Gasteiger partial charge in [-0.1, -0.05) is 19.9 Å². The molecule has 29 heavy (non-hydrogen) atoms. The lowest BCUT2D eigenvalue weighted by molar-refractivity contribution is -0.123. The lowest BCUT2D eigenvalue weighted by Crippen LogP contribution is -2.35. The third-order valence-corrected chi connectivity index (χ3v) is 6.22. The molecule has 156 valence electrons. The minimum absolute atomic E-state index is 0.0141. The van der Waals surface area contributed by atoms with E-state index < -0.39 is 34.4 Å². The third-order valence-electron chi connectivity index (χ3n) is 4.18. The molecule has 2 rings (SSSR count). The second kappa shape index (κ2) is 9.48. The highest BCUT2D eigenvalue weighted by molar-refractivity contribution is 7.89. The summed E-state index contributed by atoms with van der Waals surface area (Å²) < 4.78 is 32.8. The fourth-order valence-corrected chi connectivity index (χ4v) is 4.14. The highest BCUT2D eigenvalue weighted by atomic mass is 32.2. The molecule has 2 aromatic rings. The number of hydrogen-bond acceptors (Lipinski definition) is 6. The lowest BCUT2D eigenvalue weighted by atomic mass is 10.2. The summed E-state index contributed by atoms with van der Waals surface area (Å²) in [5.41, 5.74) is 0.263. The van der Waals surface area contributed by atoms with E-state index in [1.54, 1.807) is 33.2 Å².